The Balaban J connectivity index is 1.33. The molecule has 1 aromatic heterocycles. The van der Waals surface area contributed by atoms with Gasteiger partial charge >= 0.3 is 0 Å². The molecule has 2 saturated carbocycles. The van der Waals surface area contributed by atoms with Gasteiger partial charge in [0.25, 0.3) is 0 Å². The van der Waals surface area contributed by atoms with Crippen molar-refractivity contribution in [3.05, 3.63) is 23.8 Å². The Bertz CT molecular complexity index is 496. The molecule has 0 amide bonds. The van der Waals surface area contributed by atoms with Gasteiger partial charge < -0.3 is 0 Å². The third-order valence-corrected chi connectivity index (χ3v) is 7.20. The number of nitrogens with zero attached hydrogens (tertiary/aromatic N) is 2. The highest BCUT2D eigenvalue weighted by molar-refractivity contribution is 5.14. The quantitative estimate of drug-likeness (QED) is 0.391. The summed E-state index contributed by atoms with van der Waals surface area (Å²) in [5.41, 5.74) is 1.41. The molecule has 0 saturated heterocycles. The number of rotatable bonds is 10. The van der Waals surface area contributed by atoms with Gasteiger partial charge in [-0.2, -0.15) is 0 Å². The van der Waals surface area contributed by atoms with Crippen molar-refractivity contribution in [2.75, 3.05) is 0 Å². The first-order valence-corrected chi connectivity index (χ1v) is 12.2. The van der Waals surface area contributed by atoms with Gasteiger partial charge in [-0.25, -0.2) is 9.97 Å². The van der Waals surface area contributed by atoms with E-state index in [-0.39, 0.29) is 0 Å². The number of hydrogen-bond donors (Lipinski definition) is 0. The summed E-state index contributed by atoms with van der Waals surface area (Å²) in [7, 11) is 0. The molecule has 27 heavy (non-hydrogen) atoms. The van der Waals surface area contributed by atoms with E-state index in [1.54, 1.807) is 0 Å². The van der Waals surface area contributed by atoms with E-state index >= 15 is 0 Å². The van der Waals surface area contributed by atoms with E-state index in [0.29, 0.717) is 5.92 Å². The van der Waals surface area contributed by atoms with Crippen LogP contribution in [-0.4, -0.2) is 9.97 Å². The van der Waals surface area contributed by atoms with Crippen LogP contribution < -0.4 is 0 Å². The Labute approximate surface area is 168 Å². The molecule has 0 N–H and O–H groups in total. The lowest BCUT2D eigenvalue weighted by Gasteiger charge is -2.28. The van der Waals surface area contributed by atoms with Crippen molar-refractivity contribution in [2.24, 2.45) is 5.92 Å². The van der Waals surface area contributed by atoms with Crippen LogP contribution in [0, 0.1) is 5.92 Å². The van der Waals surface area contributed by atoms with E-state index in [2.05, 4.69) is 19.3 Å². The average molecular weight is 371 g/mol. The van der Waals surface area contributed by atoms with Crippen LogP contribution in [0.5, 0.6) is 0 Å². The summed E-state index contributed by atoms with van der Waals surface area (Å²) >= 11 is 0. The summed E-state index contributed by atoms with van der Waals surface area (Å²) < 4.78 is 0. The van der Waals surface area contributed by atoms with Crippen molar-refractivity contribution in [1.82, 2.24) is 9.97 Å². The van der Waals surface area contributed by atoms with Crippen LogP contribution in [0.1, 0.15) is 139 Å². The summed E-state index contributed by atoms with van der Waals surface area (Å²) in [4.78, 5) is 9.55. The highest BCUT2D eigenvalue weighted by atomic mass is 14.9. The van der Waals surface area contributed by atoms with Gasteiger partial charge in [0, 0.05) is 18.3 Å². The van der Waals surface area contributed by atoms with Crippen molar-refractivity contribution in [2.45, 2.75) is 128 Å². The zero-order valence-electron chi connectivity index (χ0n) is 17.8. The van der Waals surface area contributed by atoms with Crippen LogP contribution in [0.2, 0.25) is 0 Å². The van der Waals surface area contributed by atoms with Gasteiger partial charge in [0.15, 0.2) is 0 Å². The minimum absolute atomic E-state index is 0.630. The summed E-state index contributed by atoms with van der Waals surface area (Å²) in [6.45, 7) is 2.30. The molecule has 2 aliphatic carbocycles. The fraction of sp³-hybridized carbons (Fsp3) is 0.840. The van der Waals surface area contributed by atoms with E-state index in [4.69, 9.17) is 9.97 Å². The first-order chi connectivity index (χ1) is 13.4. The predicted octanol–water partition coefficient (Wildman–Crippen LogP) is 7.94. The fourth-order valence-electron chi connectivity index (χ4n) is 5.31. The van der Waals surface area contributed by atoms with Gasteiger partial charge in [-0.1, -0.05) is 77.6 Å². The van der Waals surface area contributed by atoms with Crippen LogP contribution >= 0.6 is 0 Å². The van der Waals surface area contributed by atoms with Crippen LogP contribution in [-0.2, 0) is 0 Å². The van der Waals surface area contributed by atoms with Crippen LogP contribution in [0.15, 0.2) is 12.4 Å². The molecule has 0 bridgehead atoms. The molecule has 3 rings (SSSR count). The van der Waals surface area contributed by atoms with Gasteiger partial charge in [0.1, 0.15) is 5.82 Å². The molecule has 1 aromatic rings. The smallest absolute Gasteiger partial charge is 0.131 e. The molecule has 2 heteroatoms. The lowest BCUT2D eigenvalue weighted by atomic mass is 9.77. The lowest BCUT2D eigenvalue weighted by Crippen LogP contribution is -2.15. The largest absolute Gasteiger partial charge is 0.241 e. The molecule has 152 valence electrons. The van der Waals surface area contributed by atoms with Gasteiger partial charge in [-0.05, 0) is 55.9 Å². The monoisotopic (exact) mass is 370 g/mol. The normalized spacial score (nSPS) is 24.2. The van der Waals surface area contributed by atoms with E-state index in [0.717, 1.165) is 17.7 Å². The second kappa shape index (κ2) is 11.8. The molecule has 0 spiro atoms. The van der Waals surface area contributed by atoms with Gasteiger partial charge in [0.2, 0.25) is 0 Å². The maximum Gasteiger partial charge on any atom is 0.131 e. The number of aromatic nitrogens is 2. The van der Waals surface area contributed by atoms with E-state index < -0.39 is 0 Å². The van der Waals surface area contributed by atoms with E-state index in [9.17, 15) is 0 Å². The van der Waals surface area contributed by atoms with Crippen molar-refractivity contribution in [3.63, 3.8) is 0 Å². The van der Waals surface area contributed by atoms with Crippen molar-refractivity contribution in [1.29, 1.82) is 0 Å². The first-order valence-electron chi connectivity index (χ1n) is 12.2. The molecule has 2 nitrogen and oxygen atoms in total. The Morgan fingerprint density at radius 1 is 0.704 bits per heavy atom. The standard InChI is InChI=1S/C25H42N2/c1-2-3-4-5-6-7-9-12-21-15-17-22(18-16-21)24-19-26-25(27-20-24)23-13-10-8-11-14-23/h19-23H,2-18H2,1H3/t21-,22-. The zero-order chi connectivity index (χ0) is 18.7. The maximum atomic E-state index is 4.78. The third kappa shape index (κ3) is 6.88. The SMILES string of the molecule is CCCCCCCCC[C@H]1CC[C@H](c2cnc(C3CCCCC3)nc2)CC1. The minimum Gasteiger partial charge on any atom is -0.241 e. The summed E-state index contributed by atoms with van der Waals surface area (Å²) in [6, 6.07) is 0. The first kappa shape index (κ1) is 20.8. The number of unbranched alkanes of at least 4 members (excludes halogenated alkanes) is 6. The summed E-state index contributed by atoms with van der Waals surface area (Å²) in [6.07, 6.45) is 28.1. The summed E-state index contributed by atoms with van der Waals surface area (Å²) in [5.74, 6) is 3.45. The minimum atomic E-state index is 0.630. The molecule has 0 atom stereocenters. The Hall–Kier alpha value is -0.920. The Morgan fingerprint density at radius 2 is 1.33 bits per heavy atom. The zero-order valence-corrected chi connectivity index (χ0v) is 17.8. The van der Waals surface area contributed by atoms with Crippen LogP contribution in [0.4, 0.5) is 0 Å². The maximum absolute atomic E-state index is 4.78. The number of hydrogen-bond acceptors (Lipinski definition) is 2. The lowest BCUT2D eigenvalue weighted by molar-refractivity contribution is 0.301. The second-order valence-electron chi connectivity index (χ2n) is 9.34. The van der Waals surface area contributed by atoms with Crippen molar-refractivity contribution in [3.8, 4) is 0 Å². The predicted molar refractivity (Wildman–Crippen MR) is 115 cm³/mol. The molecular formula is C25H42N2. The average Bonchev–Trinajstić information content (AvgIpc) is 2.74. The molecule has 0 aliphatic heterocycles. The van der Waals surface area contributed by atoms with E-state index in [1.807, 2.05) is 0 Å². The van der Waals surface area contributed by atoms with Crippen molar-refractivity contribution < 1.29 is 0 Å². The van der Waals surface area contributed by atoms with Gasteiger partial charge in [-0.3, -0.25) is 0 Å². The van der Waals surface area contributed by atoms with Gasteiger partial charge in [0.05, 0.1) is 0 Å². The van der Waals surface area contributed by atoms with E-state index in [1.165, 1.54) is 115 Å². The van der Waals surface area contributed by atoms with Gasteiger partial charge in [-0.15, -0.1) is 0 Å². The van der Waals surface area contributed by atoms with Crippen LogP contribution in [0.25, 0.3) is 0 Å². The Morgan fingerprint density at radius 3 is 2.00 bits per heavy atom. The molecule has 0 radical (unpaired) electrons. The molecular weight excluding hydrogens is 328 g/mol. The molecule has 1 heterocycles. The van der Waals surface area contributed by atoms with Crippen molar-refractivity contribution >= 4 is 0 Å². The molecule has 2 fully saturated rings. The van der Waals surface area contributed by atoms with Crippen LogP contribution in [0.3, 0.4) is 0 Å². The molecule has 0 aromatic carbocycles. The Kier molecular flexibility index (Phi) is 9.11. The highest BCUT2D eigenvalue weighted by Gasteiger charge is 2.23. The fourth-order valence-corrected chi connectivity index (χ4v) is 5.31. The summed E-state index contributed by atoms with van der Waals surface area (Å²) in [5, 5.41) is 0. The topological polar surface area (TPSA) is 25.8 Å². The highest BCUT2D eigenvalue weighted by Crippen LogP contribution is 2.38. The third-order valence-electron chi connectivity index (χ3n) is 7.20. The molecule has 2 aliphatic rings. The second-order valence-corrected chi connectivity index (χ2v) is 9.34. The molecule has 0 unspecified atom stereocenters.